The van der Waals surface area contributed by atoms with Crippen LogP contribution in [0.25, 0.3) is 0 Å². The fourth-order valence-corrected chi connectivity index (χ4v) is 1.89. The molecule has 0 atom stereocenters. The average Bonchev–Trinajstić information content (AvgIpc) is 2.41. The zero-order chi connectivity index (χ0) is 15.6. The summed E-state index contributed by atoms with van der Waals surface area (Å²) in [5, 5.41) is 12.9. The Balaban J connectivity index is 2.26. The molecular weight excluding hydrogens is 347 g/mol. The molecule has 9 heteroatoms. The van der Waals surface area contributed by atoms with Crippen molar-refractivity contribution < 1.29 is 14.1 Å². The highest BCUT2D eigenvalue weighted by Crippen LogP contribution is 2.22. The maximum atomic E-state index is 13.5. The van der Waals surface area contributed by atoms with Gasteiger partial charge in [0.25, 0.3) is 5.91 Å². The minimum atomic E-state index is -1.04. The number of carbonyl (C=O) groups excluding carboxylic acids is 1. The average molecular weight is 355 g/mol. The SMILES string of the molecule is Nc1ncc(Br)cc1C(=O)Nc1ccc([N+](=O)[O-])c(F)c1. The number of pyridine rings is 1. The Morgan fingerprint density at radius 1 is 1.43 bits per heavy atom. The van der Waals surface area contributed by atoms with E-state index in [-0.39, 0.29) is 17.1 Å². The molecule has 21 heavy (non-hydrogen) atoms. The van der Waals surface area contributed by atoms with Crippen molar-refractivity contribution in [3.63, 3.8) is 0 Å². The summed E-state index contributed by atoms with van der Waals surface area (Å²) in [7, 11) is 0. The molecule has 1 aromatic heterocycles. The number of aromatic nitrogens is 1. The lowest BCUT2D eigenvalue weighted by Crippen LogP contribution is -2.15. The molecule has 3 N–H and O–H groups in total. The first-order valence-corrected chi connectivity index (χ1v) is 6.34. The Morgan fingerprint density at radius 2 is 2.14 bits per heavy atom. The molecule has 0 aliphatic heterocycles. The van der Waals surface area contributed by atoms with Gasteiger partial charge in [0.05, 0.1) is 10.5 Å². The molecule has 0 aliphatic carbocycles. The van der Waals surface area contributed by atoms with Gasteiger partial charge in [-0.1, -0.05) is 0 Å². The molecule has 0 spiro atoms. The highest BCUT2D eigenvalue weighted by Gasteiger charge is 2.16. The van der Waals surface area contributed by atoms with Crippen LogP contribution in [-0.4, -0.2) is 15.8 Å². The van der Waals surface area contributed by atoms with Crippen LogP contribution in [0.15, 0.2) is 34.9 Å². The van der Waals surface area contributed by atoms with Gasteiger partial charge in [0.15, 0.2) is 0 Å². The molecule has 0 saturated heterocycles. The van der Waals surface area contributed by atoms with E-state index in [2.05, 4.69) is 26.2 Å². The number of amides is 1. The van der Waals surface area contributed by atoms with Gasteiger partial charge in [-0.15, -0.1) is 0 Å². The Hall–Kier alpha value is -2.55. The summed E-state index contributed by atoms with van der Waals surface area (Å²) >= 11 is 3.15. The Morgan fingerprint density at radius 3 is 2.76 bits per heavy atom. The van der Waals surface area contributed by atoms with Gasteiger partial charge in [0.2, 0.25) is 5.82 Å². The molecule has 108 valence electrons. The number of nitrogens with one attached hydrogen (secondary N) is 1. The minimum absolute atomic E-state index is 0.0121. The third-order valence-corrected chi connectivity index (χ3v) is 2.97. The fraction of sp³-hybridized carbons (Fsp3) is 0. The van der Waals surface area contributed by atoms with E-state index >= 15 is 0 Å². The molecule has 0 unspecified atom stereocenters. The summed E-state index contributed by atoms with van der Waals surface area (Å²) in [4.78, 5) is 25.5. The molecular formula is C12H8BrFN4O3. The molecule has 0 fully saturated rings. The number of hydrogen-bond acceptors (Lipinski definition) is 5. The molecule has 0 radical (unpaired) electrons. The van der Waals surface area contributed by atoms with Crippen molar-refractivity contribution in [3.05, 3.63) is 56.4 Å². The number of nitrogens with two attached hydrogens (primary N) is 1. The maximum Gasteiger partial charge on any atom is 0.304 e. The Kier molecular flexibility index (Phi) is 4.13. The zero-order valence-electron chi connectivity index (χ0n) is 10.3. The van der Waals surface area contributed by atoms with Gasteiger partial charge in [-0.25, -0.2) is 4.98 Å². The second-order valence-electron chi connectivity index (χ2n) is 3.96. The number of carbonyl (C=O) groups is 1. The monoisotopic (exact) mass is 354 g/mol. The fourth-order valence-electron chi connectivity index (χ4n) is 1.56. The number of hydrogen-bond donors (Lipinski definition) is 2. The van der Waals surface area contributed by atoms with Crippen molar-refractivity contribution in [2.24, 2.45) is 0 Å². The van der Waals surface area contributed by atoms with E-state index in [0.717, 1.165) is 12.1 Å². The zero-order valence-corrected chi connectivity index (χ0v) is 11.9. The van der Waals surface area contributed by atoms with Crippen LogP contribution in [0.2, 0.25) is 0 Å². The smallest absolute Gasteiger partial charge is 0.304 e. The normalized spacial score (nSPS) is 10.2. The number of nitrogens with zero attached hydrogens (tertiary/aromatic N) is 2. The number of rotatable bonds is 3. The maximum absolute atomic E-state index is 13.5. The second kappa shape index (κ2) is 5.83. The first-order chi connectivity index (χ1) is 9.88. The van der Waals surface area contributed by atoms with Crippen LogP contribution in [0, 0.1) is 15.9 Å². The van der Waals surface area contributed by atoms with Gasteiger partial charge < -0.3 is 11.1 Å². The highest BCUT2D eigenvalue weighted by atomic mass is 79.9. The van der Waals surface area contributed by atoms with E-state index in [4.69, 9.17) is 5.73 Å². The predicted molar refractivity (Wildman–Crippen MR) is 77.4 cm³/mol. The van der Waals surface area contributed by atoms with Crippen LogP contribution >= 0.6 is 15.9 Å². The summed E-state index contributed by atoms with van der Waals surface area (Å²) in [6.07, 6.45) is 1.43. The number of nitro benzene ring substituents is 1. The van der Waals surface area contributed by atoms with Crippen molar-refractivity contribution in [2.75, 3.05) is 11.1 Å². The van der Waals surface area contributed by atoms with Crippen molar-refractivity contribution in [1.82, 2.24) is 4.98 Å². The lowest BCUT2D eigenvalue weighted by atomic mass is 10.2. The van der Waals surface area contributed by atoms with Gasteiger partial charge in [0, 0.05) is 28.5 Å². The lowest BCUT2D eigenvalue weighted by molar-refractivity contribution is -0.387. The molecule has 1 aromatic carbocycles. The molecule has 0 aliphatic rings. The molecule has 2 aromatic rings. The van der Waals surface area contributed by atoms with Gasteiger partial charge in [-0.05, 0) is 28.1 Å². The Bertz CT molecular complexity index is 738. The van der Waals surface area contributed by atoms with E-state index in [0.29, 0.717) is 4.47 Å². The number of anilines is 2. The Labute approximate surface area is 126 Å². The van der Waals surface area contributed by atoms with Gasteiger partial charge in [-0.2, -0.15) is 4.39 Å². The van der Waals surface area contributed by atoms with Crippen molar-refractivity contribution in [3.8, 4) is 0 Å². The molecule has 7 nitrogen and oxygen atoms in total. The minimum Gasteiger partial charge on any atom is -0.383 e. The molecule has 1 amide bonds. The summed E-state index contributed by atoms with van der Waals surface area (Å²) in [6.45, 7) is 0. The van der Waals surface area contributed by atoms with Crippen LogP contribution < -0.4 is 11.1 Å². The number of nitrogen functional groups attached to an aromatic ring is 1. The van der Waals surface area contributed by atoms with Crippen molar-refractivity contribution >= 4 is 39.0 Å². The molecule has 0 bridgehead atoms. The number of benzene rings is 1. The van der Waals surface area contributed by atoms with Crippen molar-refractivity contribution in [1.29, 1.82) is 0 Å². The molecule has 0 saturated carbocycles. The van der Waals surface area contributed by atoms with Crippen LogP contribution in [0.5, 0.6) is 0 Å². The number of nitro groups is 1. The van der Waals surface area contributed by atoms with E-state index in [1.165, 1.54) is 18.3 Å². The standard InChI is InChI=1S/C12H8BrFN4O3/c13-6-3-8(11(15)16-5-6)12(19)17-7-1-2-10(18(20)21)9(14)4-7/h1-5H,(H2,15,16)(H,17,19). The summed E-state index contributed by atoms with van der Waals surface area (Å²) in [5.41, 5.74) is 5.08. The first-order valence-electron chi connectivity index (χ1n) is 5.55. The highest BCUT2D eigenvalue weighted by molar-refractivity contribution is 9.10. The topological polar surface area (TPSA) is 111 Å². The van der Waals surface area contributed by atoms with E-state index in [1.54, 1.807) is 0 Å². The molecule has 2 rings (SSSR count). The van der Waals surface area contributed by atoms with Gasteiger partial charge in [-0.3, -0.25) is 14.9 Å². The van der Waals surface area contributed by atoms with Crippen LogP contribution in [0.3, 0.4) is 0 Å². The lowest BCUT2D eigenvalue weighted by Gasteiger charge is -2.07. The quantitative estimate of drug-likeness (QED) is 0.650. The summed E-state index contributed by atoms with van der Waals surface area (Å²) in [5.74, 6) is -1.63. The molecule has 1 heterocycles. The first kappa shape index (κ1) is 14.9. The third kappa shape index (κ3) is 3.31. The summed E-state index contributed by atoms with van der Waals surface area (Å²) < 4.78 is 14.0. The van der Waals surface area contributed by atoms with Crippen LogP contribution in [-0.2, 0) is 0 Å². The van der Waals surface area contributed by atoms with E-state index in [9.17, 15) is 19.3 Å². The largest absolute Gasteiger partial charge is 0.383 e. The summed E-state index contributed by atoms with van der Waals surface area (Å²) in [6, 6.07) is 4.51. The number of halogens is 2. The predicted octanol–water partition coefficient (Wildman–Crippen LogP) is 2.73. The van der Waals surface area contributed by atoms with Crippen molar-refractivity contribution in [2.45, 2.75) is 0 Å². The van der Waals surface area contributed by atoms with Gasteiger partial charge in [0.1, 0.15) is 5.82 Å². The van der Waals surface area contributed by atoms with Crippen LogP contribution in [0.1, 0.15) is 10.4 Å². The van der Waals surface area contributed by atoms with E-state index < -0.39 is 22.3 Å². The second-order valence-corrected chi connectivity index (χ2v) is 4.88. The third-order valence-electron chi connectivity index (χ3n) is 2.53. The van der Waals surface area contributed by atoms with Crippen LogP contribution in [0.4, 0.5) is 21.6 Å². The van der Waals surface area contributed by atoms with Gasteiger partial charge >= 0.3 is 5.69 Å². The van der Waals surface area contributed by atoms with E-state index in [1.807, 2.05) is 0 Å².